The molecule has 0 radical (unpaired) electrons. The summed E-state index contributed by atoms with van der Waals surface area (Å²) in [5.41, 5.74) is 1.75. The van der Waals surface area contributed by atoms with Crippen molar-refractivity contribution in [3.63, 3.8) is 0 Å². The van der Waals surface area contributed by atoms with Crippen molar-refractivity contribution >= 4 is 33.3 Å². The first-order valence-electron chi connectivity index (χ1n) is 6.71. The van der Waals surface area contributed by atoms with Gasteiger partial charge in [0.2, 0.25) is 10.0 Å². The Morgan fingerprint density at radius 2 is 2.19 bits per heavy atom. The van der Waals surface area contributed by atoms with Crippen LogP contribution in [0.15, 0.2) is 18.2 Å². The number of para-hydroxylation sites is 1. The van der Waals surface area contributed by atoms with Gasteiger partial charge in [-0.2, -0.15) is 0 Å². The summed E-state index contributed by atoms with van der Waals surface area (Å²) in [7, 11) is -3.20. The Kier molecular flexibility index (Phi) is 5.02. The van der Waals surface area contributed by atoms with E-state index in [-0.39, 0.29) is 0 Å². The van der Waals surface area contributed by atoms with Crippen LogP contribution in [0.3, 0.4) is 0 Å². The van der Waals surface area contributed by atoms with Gasteiger partial charge >= 0.3 is 0 Å². The van der Waals surface area contributed by atoms with E-state index in [1.165, 1.54) is 0 Å². The van der Waals surface area contributed by atoms with Gasteiger partial charge < -0.3 is 14.3 Å². The fourth-order valence-electron chi connectivity index (χ4n) is 2.05. The zero-order valence-electron chi connectivity index (χ0n) is 12.0. The largest absolute Gasteiger partial charge is 0.491 e. The molecular weight excluding hydrogens is 310 g/mol. The predicted molar refractivity (Wildman–Crippen MR) is 85.8 cm³/mol. The Morgan fingerprint density at radius 1 is 1.43 bits per heavy atom. The number of hydrogen-bond donors (Lipinski definition) is 2. The predicted octanol–water partition coefficient (Wildman–Crippen LogP) is 2.04. The van der Waals surface area contributed by atoms with Crippen LogP contribution >= 0.6 is 12.2 Å². The molecule has 21 heavy (non-hydrogen) atoms. The van der Waals surface area contributed by atoms with E-state index in [4.69, 9.17) is 17.0 Å². The molecule has 0 aliphatic heterocycles. The molecule has 116 valence electrons. The number of imidazole rings is 1. The average Bonchev–Trinajstić information content (AvgIpc) is 2.72. The van der Waals surface area contributed by atoms with Crippen LogP contribution in [0.1, 0.15) is 13.3 Å². The maximum absolute atomic E-state index is 11.1. The van der Waals surface area contributed by atoms with Gasteiger partial charge in [0.25, 0.3) is 0 Å². The topological polar surface area (TPSA) is 76.1 Å². The molecule has 0 spiro atoms. The van der Waals surface area contributed by atoms with E-state index in [1.807, 2.05) is 29.7 Å². The smallest absolute Gasteiger partial charge is 0.208 e. The number of nitrogens with zero attached hydrogens (tertiary/aromatic N) is 1. The highest BCUT2D eigenvalue weighted by molar-refractivity contribution is 7.88. The standard InChI is InChI=1S/C13H19N3O3S2/c1-3-9-19-11-6-4-5-10-12(11)15-13(20)16(10)8-7-14-21(2,17)18/h4-6,14H,3,7-9H2,1-2H3,(H,15,20). The second-order valence-corrected chi connectivity index (χ2v) is 6.97. The van der Waals surface area contributed by atoms with Crippen molar-refractivity contribution in [2.24, 2.45) is 0 Å². The van der Waals surface area contributed by atoms with Gasteiger partial charge in [0, 0.05) is 13.1 Å². The van der Waals surface area contributed by atoms with Crippen LogP contribution in [0.25, 0.3) is 11.0 Å². The lowest BCUT2D eigenvalue weighted by Gasteiger charge is -2.07. The minimum atomic E-state index is -3.20. The summed E-state index contributed by atoms with van der Waals surface area (Å²) in [6.45, 7) is 3.44. The van der Waals surface area contributed by atoms with Crippen molar-refractivity contribution < 1.29 is 13.2 Å². The van der Waals surface area contributed by atoms with Crippen molar-refractivity contribution in [3.8, 4) is 5.75 Å². The number of aromatic nitrogens is 2. The van der Waals surface area contributed by atoms with E-state index < -0.39 is 10.0 Å². The van der Waals surface area contributed by atoms with Gasteiger partial charge in [-0.1, -0.05) is 13.0 Å². The molecule has 0 aliphatic carbocycles. The molecule has 6 nitrogen and oxygen atoms in total. The first-order chi connectivity index (χ1) is 9.92. The average molecular weight is 329 g/mol. The quantitative estimate of drug-likeness (QED) is 0.762. The SMILES string of the molecule is CCCOc1cccc2c1[nH]c(=S)n2CCNS(C)(=O)=O. The van der Waals surface area contributed by atoms with Crippen molar-refractivity contribution in [1.82, 2.24) is 14.3 Å². The number of ether oxygens (including phenoxy) is 1. The summed E-state index contributed by atoms with van der Waals surface area (Å²) < 4.78 is 32.8. The summed E-state index contributed by atoms with van der Waals surface area (Å²) in [6.07, 6.45) is 2.06. The summed E-state index contributed by atoms with van der Waals surface area (Å²) in [5, 5.41) is 0. The molecule has 1 aromatic heterocycles. The number of rotatable bonds is 7. The van der Waals surface area contributed by atoms with Gasteiger partial charge in [-0.15, -0.1) is 0 Å². The molecule has 1 aromatic carbocycles. The van der Waals surface area contributed by atoms with Gasteiger partial charge in [-0.05, 0) is 30.8 Å². The second-order valence-electron chi connectivity index (χ2n) is 4.75. The molecule has 2 N–H and O–H groups in total. The van der Waals surface area contributed by atoms with E-state index in [9.17, 15) is 8.42 Å². The van der Waals surface area contributed by atoms with Crippen molar-refractivity contribution in [1.29, 1.82) is 0 Å². The molecule has 0 unspecified atom stereocenters. The van der Waals surface area contributed by atoms with E-state index in [0.717, 1.165) is 29.5 Å². The number of sulfonamides is 1. The molecular formula is C13H19N3O3S2. The first kappa shape index (κ1) is 16.0. The molecule has 0 fully saturated rings. The van der Waals surface area contributed by atoms with Crippen molar-refractivity contribution in [2.75, 3.05) is 19.4 Å². The van der Waals surface area contributed by atoms with E-state index in [2.05, 4.69) is 9.71 Å². The van der Waals surface area contributed by atoms with E-state index in [1.54, 1.807) is 0 Å². The zero-order chi connectivity index (χ0) is 15.5. The molecule has 0 amide bonds. The zero-order valence-corrected chi connectivity index (χ0v) is 13.7. The lowest BCUT2D eigenvalue weighted by Crippen LogP contribution is -2.26. The Bertz CT molecular complexity index is 778. The third-order valence-corrected chi connectivity index (χ3v) is 3.98. The third kappa shape index (κ3) is 4.05. The number of hydrogen-bond acceptors (Lipinski definition) is 4. The van der Waals surface area contributed by atoms with Crippen LogP contribution in [0.5, 0.6) is 5.75 Å². The van der Waals surface area contributed by atoms with Gasteiger partial charge in [-0.25, -0.2) is 13.1 Å². The van der Waals surface area contributed by atoms with Crippen LogP contribution in [0, 0.1) is 4.77 Å². The molecule has 1 heterocycles. The second kappa shape index (κ2) is 6.59. The molecule has 0 atom stereocenters. The Morgan fingerprint density at radius 3 is 2.86 bits per heavy atom. The molecule has 0 bridgehead atoms. The van der Waals surface area contributed by atoms with Crippen molar-refractivity contribution in [2.45, 2.75) is 19.9 Å². The van der Waals surface area contributed by atoms with Crippen LogP contribution in [0.2, 0.25) is 0 Å². The van der Waals surface area contributed by atoms with Crippen molar-refractivity contribution in [3.05, 3.63) is 23.0 Å². The van der Waals surface area contributed by atoms with Gasteiger partial charge in [-0.3, -0.25) is 0 Å². The monoisotopic (exact) mass is 329 g/mol. The normalized spacial score (nSPS) is 11.9. The Labute approximate surface area is 129 Å². The molecule has 2 aromatic rings. The van der Waals surface area contributed by atoms with Crippen LogP contribution < -0.4 is 9.46 Å². The number of benzene rings is 1. The highest BCUT2D eigenvalue weighted by Crippen LogP contribution is 2.25. The Hall–Kier alpha value is -1.38. The highest BCUT2D eigenvalue weighted by Gasteiger charge is 2.09. The summed E-state index contributed by atoms with van der Waals surface area (Å²) >= 11 is 5.31. The number of nitrogens with one attached hydrogen (secondary N) is 2. The van der Waals surface area contributed by atoms with E-state index >= 15 is 0 Å². The maximum Gasteiger partial charge on any atom is 0.208 e. The lowest BCUT2D eigenvalue weighted by atomic mass is 10.3. The van der Waals surface area contributed by atoms with E-state index in [0.29, 0.717) is 24.5 Å². The fourth-order valence-corrected chi connectivity index (χ4v) is 2.80. The molecule has 0 aliphatic rings. The highest BCUT2D eigenvalue weighted by atomic mass is 32.2. The molecule has 2 rings (SSSR count). The minimum absolute atomic E-state index is 0.292. The minimum Gasteiger partial charge on any atom is -0.491 e. The molecule has 8 heteroatoms. The van der Waals surface area contributed by atoms with Gasteiger partial charge in [0.05, 0.1) is 18.4 Å². The Balaban J connectivity index is 2.28. The van der Waals surface area contributed by atoms with Crippen LogP contribution in [-0.4, -0.2) is 37.4 Å². The fraction of sp³-hybridized carbons (Fsp3) is 0.462. The van der Waals surface area contributed by atoms with Gasteiger partial charge in [0.1, 0.15) is 11.3 Å². The third-order valence-electron chi connectivity index (χ3n) is 2.93. The summed E-state index contributed by atoms with van der Waals surface area (Å²) in [4.78, 5) is 3.13. The molecule has 0 saturated heterocycles. The number of H-pyrrole nitrogens is 1. The summed E-state index contributed by atoms with van der Waals surface area (Å²) in [6, 6.07) is 5.72. The maximum atomic E-state index is 11.1. The lowest BCUT2D eigenvalue weighted by molar-refractivity contribution is 0.320. The molecule has 0 saturated carbocycles. The van der Waals surface area contributed by atoms with Gasteiger partial charge in [0.15, 0.2) is 4.77 Å². The summed E-state index contributed by atoms with van der Waals surface area (Å²) in [5.74, 6) is 0.760. The number of fused-ring (bicyclic) bond motifs is 1. The first-order valence-corrected chi connectivity index (χ1v) is 9.01. The number of aromatic amines is 1. The van der Waals surface area contributed by atoms with Crippen LogP contribution in [-0.2, 0) is 16.6 Å². The van der Waals surface area contributed by atoms with Crippen LogP contribution in [0.4, 0.5) is 0 Å².